The molecule has 3 aliphatic rings. The van der Waals surface area contributed by atoms with Crippen LogP contribution in [0.15, 0.2) is 30.9 Å². The molecule has 3 aromatic rings. The van der Waals surface area contributed by atoms with E-state index in [1.807, 2.05) is 11.0 Å². The van der Waals surface area contributed by atoms with Gasteiger partial charge in [-0.3, -0.25) is 9.69 Å². The molecule has 3 aliphatic heterocycles. The van der Waals surface area contributed by atoms with Crippen LogP contribution in [0.2, 0.25) is 5.02 Å². The van der Waals surface area contributed by atoms with Crippen molar-refractivity contribution in [1.29, 1.82) is 5.26 Å². The molecule has 3 fully saturated rings. The topological polar surface area (TPSA) is 121 Å². The Morgan fingerprint density at radius 3 is 2.55 bits per heavy atom. The van der Waals surface area contributed by atoms with Crippen molar-refractivity contribution in [2.75, 3.05) is 63.6 Å². The van der Waals surface area contributed by atoms with Crippen LogP contribution in [0.1, 0.15) is 43.7 Å². The zero-order chi connectivity index (χ0) is 35.0. The Morgan fingerprint density at radius 2 is 1.94 bits per heavy atom. The number of nitrogens with two attached hydrogens (primary N) is 1. The van der Waals surface area contributed by atoms with E-state index < -0.39 is 11.9 Å². The summed E-state index contributed by atoms with van der Waals surface area (Å²) < 4.78 is 42.6. The number of methoxy groups -OCH3 is 1. The van der Waals surface area contributed by atoms with Gasteiger partial charge in [0.25, 0.3) is 5.91 Å². The second-order valence-corrected chi connectivity index (χ2v) is 14.1. The van der Waals surface area contributed by atoms with Gasteiger partial charge in [0.1, 0.15) is 35.3 Å². The van der Waals surface area contributed by atoms with Crippen molar-refractivity contribution in [3.63, 3.8) is 0 Å². The first-order valence-electron chi connectivity index (χ1n) is 16.2. The zero-order valence-electron chi connectivity index (χ0n) is 27.5. The molecule has 6 rings (SSSR count). The molecule has 5 heterocycles. The lowest BCUT2D eigenvalue weighted by Gasteiger charge is -2.36. The lowest BCUT2D eigenvalue weighted by Crippen LogP contribution is -2.50. The average Bonchev–Trinajstić information content (AvgIpc) is 3.80. The molecule has 0 spiro atoms. The molecule has 1 atom stereocenters. The maximum atomic E-state index is 17.0. The van der Waals surface area contributed by atoms with Gasteiger partial charge in [0.2, 0.25) is 0 Å². The number of halogens is 3. The first kappa shape index (κ1) is 34.8. The standard InChI is InChI=1S/C35H38ClF2N7O3S/c1-5-22(27-24(18-39)31(40)49-26(27)17-37)28-25(36)16-23-30(29(28)38)41-34(48-19-35-8-6-10-45(35)11-7-9-35)42-32(23)43-12-14-44(15-13-43)33(46)20(2)21(3)47-4/h5,16-17,21H,1-2,6-15,19,40H2,3-4H3/b26-17-,27-22+. The highest BCUT2D eigenvalue weighted by molar-refractivity contribution is 7.14. The van der Waals surface area contributed by atoms with Gasteiger partial charge in [-0.15, -0.1) is 11.3 Å². The minimum atomic E-state index is -0.801. The molecule has 1 unspecified atom stereocenters. The maximum absolute atomic E-state index is 17.0. The maximum Gasteiger partial charge on any atom is 0.319 e. The molecule has 1 amide bonds. The summed E-state index contributed by atoms with van der Waals surface area (Å²) >= 11 is 7.69. The van der Waals surface area contributed by atoms with Gasteiger partial charge in [-0.25, -0.2) is 8.78 Å². The summed E-state index contributed by atoms with van der Waals surface area (Å²) in [4.78, 5) is 28.6. The van der Waals surface area contributed by atoms with E-state index >= 15 is 4.39 Å². The minimum Gasteiger partial charge on any atom is -0.461 e. The number of nitrogen functional groups attached to an aromatic ring is 1. The number of aromatic nitrogens is 2. The largest absolute Gasteiger partial charge is 0.461 e. The van der Waals surface area contributed by atoms with Crippen LogP contribution in [0.25, 0.3) is 22.8 Å². The monoisotopic (exact) mass is 709 g/mol. The van der Waals surface area contributed by atoms with E-state index in [0.717, 1.165) is 50.1 Å². The SMILES string of the molecule is C=C/C(c1c(Cl)cc2c(N3CCN(C(=O)C(=C)C(C)OC)CC3)nc(OCC34CCCN3CCC4)nc2c1F)=c1/c(C#N)c(N)s/c1=C\F. The first-order valence-corrected chi connectivity index (χ1v) is 17.4. The van der Waals surface area contributed by atoms with Gasteiger partial charge >= 0.3 is 6.01 Å². The Hall–Kier alpha value is -4.09. The number of hydrogen-bond acceptors (Lipinski definition) is 10. The molecule has 0 bridgehead atoms. The van der Waals surface area contributed by atoms with Crippen molar-refractivity contribution >= 4 is 62.5 Å². The second kappa shape index (κ2) is 14.0. The number of thiophene rings is 1. The fraction of sp³-hybridized carbons (Fsp3) is 0.429. The van der Waals surface area contributed by atoms with Gasteiger partial charge in [-0.05, 0) is 57.3 Å². The molecule has 3 saturated heterocycles. The molecule has 49 heavy (non-hydrogen) atoms. The molecule has 0 radical (unpaired) electrons. The molecule has 14 heteroatoms. The molecule has 2 aromatic heterocycles. The quantitative estimate of drug-likeness (QED) is 0.325. The van der Waals surface area contributed by atoms with E-state index in [4.69, 9.17) is 31.8 Å². The van der Waals surface area contributed by atoms with Crippen LogP contribution in [0.5, 0.6) is 6.01 Å². The van der Waals surface area contributed by atoms with Crippen LogP contribution in [-0.2, 0) is 9.53 Å². The molecule has 2 N–H and O–H groups in total. The number of nitriles is 1. The van der Waals surface area contributed by atoms with Gasteiger partial charge in [0, 0.05) is 55.0 Å². The molecule has 1 aromatic carbocycles. The molecular formula is C35H38ClF2N7O3S. The summed E-state index contributed by atoms with van der Waals surface area (Å²) in [5.41, 5.74) is 6.23. The van der Waals surface area contributed by atoms with E-state index in [1.54, 1.807) is 17.9 Å². The van der Waals surface area contributed by atoms with Crippen LogP contribution >= 0.6 is 22.9 Å². The zero-order valence-corrected chi connectivity index (χ0v) is 29.1. The van der Waals surface area contributed by atoms with E-state index in [1.165, 1.54) is 13.2 Å². The Kier molecular flexibility index (Phi) is 9.95. The number of fused-ring (bicyclic) bond motifs is 2. The normalized spacial score (nSPS) is 19.1. The van der Waals surface area contributed by atoms with Crippen LogP contribution in [-0.4, -0.2) is 90.3 Å². The predicted molar refractivity (Wildman–Crippen MR) is 188 cm³/mol. The van der Waals surface area contributed by atoms with E-state index in [9.17, 15) is 14.4 Å². The van der Waals surface area contributed by atoms with E-state index in [2.05, 4.69) is 23.0 Å². The minimum absolute atomic E-state index is 0.00121. The predicted octanol–water partition coefficient (Wildman–Crippen LogP) is 4.28. The lowest BCUT2D eigenvalue weighted by atomic mass is 9.95. The number of carbonyl (C=O) groups excluding carboxylic acids is 1. The van der Waals surface area contributed by atoms with Crippen molar-refractivity contribution in [1.82, 2.24) is 19.8 Å². The number of hydrogen-bond donors (Lipinski definition) is 1. The summed E-state index contributed by atoms with van der Waals surface area (Å²) in [7, 11) is 1.53. The van der Waals surface area contributed by atoms with Crippen molar-refractivity contribution in [2.45, 2.75) is 44.2 Å². The van der Waals surface area contributed by atoms with Gasteiger partial charge in [0.15, 0.2) is 5.82 Å². The van der Waals surface area contributed by atoms with Gasteiger partial charge in [-0.2, -0.15) is 15.2 Å². The number of ether oxygens (including phenoxy) is 2. The van der Waals surface area contributed by atoms with Crippen LogP contribution in [0, 0.1) is 17.1 Å². The number of allylic oxidation sites excluding steroid dienone is 1. The van der Waals surface area contributed by atoms with Crippen LogP contribution < -0.4 is 25.1 Å². The van der Waals surface area contributed by atoms with Crippen molar-refractivity contribution < 1.29 is 23.0 Å². The number of nitrogens with zero attached hydrogens (tertiary/aromatic N) is 6. The average molecular weight is 710 g/mol. The van der Waals surface area contributed by atoms with Crippen LogP contribution in [0.3, 0.4) is 0 Å². The third-order valence-electron chi connectivity index (χ3n) is 10.0. The molecule has 0 aliphatic carbocycles. The Morgan fingerprint density at radius 1 is 1.24 bits per heavy atom. The lowest BCUT2D eigenvalue weighted by molar-refractivity contribution is -0.128. The van der Waals surface area contributed by atoms with E-state index in [0.29, 0.717) is 55.9 Å². The summed E-state index contributed by atoms with van der Waals surface area (Å²) in [6.07, 6.45) is 5.40. The number of anilines is 2. The molecule has 0 saturated carbocycles. The molecule has 258 valence electrons. The van der Waals surface area contributed by atoms with Crippen molar-refractivity contribution in [3.05, 3.63) is 62.6 Å². The number of amides is 1. The van der Waals surface area contributed by atoms with E-state index in [-0.39, 0.29) is 59.4 Å². The molecule has 10 nitrogen and oxygen atoms in total. The third kappa shape index (κ3) is 6.16. The number of carbonyl (C=O) groups is 1. The highest BCUT2D eigenvalue weighted by Crippen LogP contribution is 2.40. The van der Waals surface area contributed by atoms with Crippen molar-refractivity contribution in [3.8, 4) is 12.1 Å². The highest BCUT2D eigenvalue weighted by atomic mass is 35.5. The summed E-state index contributed by atoms with van der Waals surface area (Å²) in [5.74, 6) is -0.583. The second-order valence-electron chi connectivity index (χ2n) is 12.6. The third-order valence-corrected chi connectivity index (χ3v) is 11.3. The van der Waals surface area contributed by atoms with Crippen LogP contribution in [0.4, 0.5) is 19.6 Å². The van der Waals surface area contributed by atoms with Gasteiger partial charge in [-0.1, -0.05) is 30.8 Å². The summed E-state index contributed by atoms with van der Waals surface area (Å²) in [5, 5.41) is 10.4. The van der Waals surface area contributed by atoms with Crippen molar-refractivity contribution in [2.24, 2.45) is 0 Å². The fourth-order valence-electron chi connectivity index (χ4n) is 7.26. The number of piperazine rings is 1. The summed E-state index contributed by atoms with van der Waals surface area (Å²) in [6, 6.07) is 3.57. The number of benzene rings is 1. The highest BCUT2D eigenvalue weighted by Gasteiger charge is 2.45. The fourth-order valence-corrected chi connectivity index (χ4v) is 8.40. The number of rotatable bonds is 9. The summed E-state index contributed by atoms with van der Waals surface area (Å²) in [6.45, 7) is 13.4. The Balaban J connectivity index is 1.46. The van der Waals surface area contributed by atoms with Gasteiger partial charge in [0.05, 0.1) is 26.8 Å². The molecular weight excluding hydrogens is 672 g/mol. The Labute approximate surface area is 292 Å². The van der Waals surface area contributed by atoms with Gasteiger partial charge < -0.3 is 25.0 Å². The smallest absolute Gasteiger partial charge is 0.319 e. The Bertz CT molecular complexity index is 1990. The first-order chi connectivity index (χ1) is 23.6.